The van der Waals surface area contributed by atoms with Gasteiger partial charge in [0.2, 0.25) is 0 Å². The molecule has 0 saturated carbocycles. The van der Waals surface area contributed by atoms with Crippen LogP contribution in [0.3, 0.4) is 0 Å². The summed E-state index contributed by atoms with van der Waals surface area (Å²) in [6.07, 6.45) is 12.8. The van der Waals surface area contributed by atoms with Crippen LogP contribution in [0, 0.1) is 11.8 Å². The number of carbonyl (C=O) groups excluding carboxylic acids is 1. The Bertz CT molecular complexity index is 770. The number of likely N-dealkylation sites (tertiary alicyclic amines) is 1. The Labute approximate surface area is 182 Å². The van der Waals surface area contributed by atoms with E-state index in [2.05, 4.69) is 39.9 Å². The minimum Gasteiger partial charge on any atom is -0.303 e. The number of hydrogen-bond acceptors (Lipinski definition) is 3. The fourth-order valence-corrected chi connectivity index (χ4v) is 4.36. The second kappa shape index (κ2) is 11.5. The Kier molecular flexibility index (Phi) is 8.68. The number of nitrogens with zero attached hydrogens (tertiary/aromatic N) is 3. The van der Waals surface area contributed by atoms with Gasteiger partial charge in [0.05, 0.1) is 6.20 Å². The Morgan fingerprint density at radius 1 is 1.07 bits per heavy atom. The van der Waals surface area contributed by atoms with Gasteiger partial charge in [-0.2, -0.15) is 5.10 Å². The van der Waals surface area contributed by atoms with Crippen LogP contribution in [0.5, 0.6) is 0 Å². The summed E-state index contributed by atoms with van der Waals surface area (Å²) in [5.41, 5.74) is 3.53. The van der Waals surface area contributed by atoms with Crippen molar-refractivity contribution < 1.29 is 4.79 Å². The molecule has 0 N–H and O–H groups in total. The van der Waals surface area contributed by atoms with Gasteiger partial charge in [0.1, 0.15) is 0 Å². The van der Waals surface area contributed by atoms with Gasteiger partial charge in [0.15, 0.2) is 5.78 Å². The summed E-state index contributed by atoms with van der Waals surface area (Å²) in [6, 6.07) is 8.25. The second-order valence-electron chi connectivity index (χ2n) is 9.24. The summed E-state index contributed by atoms with van der Waals surface area (Å²) in [5.74, 6) is 1.08. The van der Waals surface area contributed by atoms with E-state index in [0.29, 0.717) is 0 Å². The molecule has 0 unspecified atom stereocenters. The smallest absolute Gasteiger partial charge is 0.165 e. The molecule has 2 heterocycles. The molecule has 0 spiro atoms. The fourth-order valence-electron chi connectivity index (χ4n) is 4.36. The average molecular weight is 410 g/mol. The van der Waals surface area contributed by atoms with Crippen molar-refractivity contribution in [1.82, 2.24) is 14.7 Å². The molecule has 30 heavy (non-hydrogen) atoms. The molecule has 4 nitrogen and oxygen atoms in total. The summed E-state index contributed by atoms with van der Waals surface area (Å²) in [4.78, 5) is 14.7. The fraction of sp³-hybridized carbons (Fsp3) is 0.615. The van der Waals surface area contributed by atoms with Gasteiger partial charge in [-0.05, 0) is 75.2 Å². The lowest BCUT2D eigenvalue weighted by Crippen LogP contribution is -2.35. The number of unbranched alkanes of at least 4 members (excludes halogenated alkanes) is 2. The molecule has 1 fully saturated rings. The first-order valence-corrected chi connectivity index (χ1v) is 11.9. The molecule has 4 heteroatoms. The molecule has 1 aliphatic rings. The number of piperidine rings is 1. The summed E-state index contributed by atoms with van der Waals surface area (Å²) >= 11 is 0. The zero-order chi connectivity index (χ0) is 21.3. The van der Waals surface area contributed by atoms with Crippen molar-refractivity contribution in [2.24, 2.45) is 11.8 Å². The van der Waals surface area contributed by atoms with E-state index in [1.54, 1.807) is 0 Å². The van der Waals surface area contributed by atoms with Crippen LogP contribution in [0.1, 0.15) is 74.4 Å². The third kappa shape index (κ3) is 6.80. The number of carbonyl (C=O) groups is 1. The maximum Gasteiger partial charge on any atom is 0.165 e. The van der Waals surface area contributed by atoms with Crippen molar-refractivity contribution in [3.8, 4) is 0 Å². The van der Waals surface area contributed by atoms with Crippen molar-refractivity contribution in [2.45, 2.75) is 72.3 Å². The van der Waals surface area contributed by atoms with Crippen LogP contribution in [-0.4, -0.2) is 40.1 Å². The number of rotatable bonds is 11. The van der Waals surface area contributed by atoms with Gasteiger partial charge in [0.25, 0.3) is 0 Å². The molecule has 0 radical (unpaired) electrons. The van der Waals surface area contributed by atoms with Crippen molar-refractivity contribution in [1.29, 1.82) is 0 Å². The largest absolute Gasteiger partial charge is 0.303 e. The molecule has 0 amide bonds. The van der Waals surface area contributed by atoms with Gasteiger partial charge in [-0.25, -0.2) is 0 Å². The summed E-state index contributed by atoms with van der Waals surface area (Å²) in [5, 5.41) is 4.50. The molecular weight excluding hydrogens is 370 g/mol. The van der Waals surface area contributed by atoms with Crippen LogP contribution >= 0.6 is 0 Å². The summed E-state index contributed by atoms with van der Waals surface area (Å²) < 4.78 is 2.14. The minimum absolute atomic E-state index is 0.0698. The average Bonchev–Trinajstić information content (AvgIpc) is 3.22. The maximum atomic E-state index is 12.0. The lowest BCUT2D eigenvalue weighted by molar-refractivity contribution is 0.0939. The normalized spacial score (nSPS) is 15.7. The van der Waals surface area contributed by atoms with Crippen molar-refractivity contribution >= 4 is 5.78 Å². The van der Waals surface area contributed by atoms with Crippen LogP contribution in [0.2, 0.25) is 0 Å². The first-order chi connectivity index (χ1) is 14.5. The van der Waals surface area contributed by atoms with E-state index in [4.69, 9.17) is 0 Å². The quantitative estimate of drug-likeness (QED) is 0.368. The molecule has 1 aliphatic heterocycles. The van der Waals surface area contributed by atoms with E-state index >= 15 is 0 Å². The minimum atomic E-state index is 0.0698. The first-order valence-electron chi connectivity index (χ1n) is 11.9. The van der Waals surface area contributed by atoms with Crippen LogP contribution in [-0.2, 0) is 19.4 Å². The van der Waals surface area contributed by atoms with Gasteiger partial charge in [-0.1, -0.05) is 51.5 Å². The Morgan fingerprint density at radius 3 is 2.43 bits per heavy atom. The van der Waals surface area contributed by atoms with Gasteiger partial charge >= 0.3 is 0 Å². The molecule has 1 aromatic carbocycles. The maximum absolute atomic E-state index is 12.0. The predicted molar refractivity (Wildman–Crippen MR) is 124 cm³/mol. The zero-order valence-corrected chi connectivity index (χ0v) is 19.1. The standard InChI is InChI=1S/C26H39N3O/c1-4-22-18-27-29(19-22)20-24-13-16-28(17-14-24)15-7-5-6-8-23-9-11-25(12-10-23)26(30)21(2)3/h9-12,18-19,21,24H,4-8,13-17,20H2,1-3H3. The number of ketones is 1. The van der Waals surface area contributed by atoms with E-state index in [1.807, 2.05) is 32.2 Å². The van der Waals surface area contributed by atoms with Crippen LogP contribution in [0.4, 0.5) is 0 Å². The SMILES string of the molecule is CCc1cnn(CC2CCN(CCCCCc3ccc(C(=O)C(C)C)cc3)CC2)c1. The summed E-state index contributed by atoms with van der Waals surface area (Å²) in [6.45, 7) is 10.9. The number of Topliss-reactive ketones (excluding diaryl/α,β-unsaturated/α-hetero) is 1. The third-order valence-electron chi connectivity index (χ3n) is 6.45. The van der Waals surface area contributed by atoms with Gasteiger partial charge in [-0.15, -0.1) is 0 Å². The zero-order valence-electron chi connectivity index (χ0n) is 19.1. The highest BCUT2D eigenvalue weighted by atomic mass is 16.1. The van der Waals surface area contributed by atoms with Crippen molar-refractivity contribution in [3.05, 3.63) is 53.3 Å². The summed E-state index contributed by atoms with van der Waals surface area (Å²) in [7, 11) is 0. The molecule has 1 saturated heterocycles. The highest BCUT2D eigenvalue weighted by Gasteiger charge is 2.19. The predicted octanol–water partition coefficient (Wildman–Crippen LogP) is 5.41. The van der Waals surface area contributed by atoms with E-state index < -0.39 is 0 Å². The van der Waals surface area contributed by atoms with Gasteiger partial charge in [0, 0.05) is 24.2 Å². The van der Waals surface area contributed by atoms with E-state index in [-0.39, 0.29) is 11.7 Å². The number of aromatic nitrogens is 2. The van der Waals surface area contributed by atoms with E-state index in [0.717, 1.165) is 30.9 Å². The second-order valence-corrected chi connectivity index (χ2v) is 9.24. The molecule has 164 valence electrons. The highest BCUT2D eigenvalue weighted by Crippen LogP contribution is 2.20. The molecule has 0 bridgehead atoms. The lowest BCUT2D eigenvalue weighted by Gasteiger charge is -2.31. The molecule has 3 rings (SSSR count). The topological polar surface area (TPSA) is 38.1 Å². The third-order valence-corrected chi connectivity index (χ3v) is 6.45. The van der Waals surface area contributed by atoms with Gasteiger partial charge in [-0.3, -0.25) is 9.48 Å². The van der Waals surface area contributed by atoms with Crippen LogP contribution in [0.25, 0.3) is 0 Å². The lowest BCUT2D eigenvalue weighted by atomic mass is 9.96. The highest BCUT2D eigenvalue weighted by molar-refractivity contribution is 5.97. The van der Waals surface area contributed by atoms with Crippen molar-refractivity contribution in [2.75, 3.05) is 19.6 Å². The Hall–Kier alpha value is -1.94. The van der Waals surface area contributed by atoms with Crippen LogP contribution < -0.4 is 0 Å². The molecular formula is C26H39N3O. The first kappa shape index (κ1) is 22.7. The molecule has 0 aliphatic carbocycles. The van der Waals surface area contributed by atoms with E-state index in [9.17, 15) is 4.79 Å². The number of hydrogen-bond donors (Lipinski definition) is 0. The van der Waals surface area contributed by atoms with E-state index in [1.165, 1.54) is 62.9 Å². The monoisotopic (exact) mass is 409 g/mol. The van der Waals surface area contributed by atoms with Gasteiger partial charge < -0.3 is 4.90 Å². The molecule has 2 aromatic rings. The number of aryl methyl sites for hydroxylation is 2. The van der Waals surface area contributed by atoms with Crippen LogP contribution in [0.15, 0.2) is 36.7 Å². The molecule has 1 aromatic heterocycles. The number of benzene rings is 1. The Balaban J connectivity index is 1.27. The van der Waals surface area contributed by atoms with Crippen molar-refractivity contribution in [3.63, 3.8) is 0 Å². The molecule has 0 atom stereocenters. The Morgan fingerprint density at radius 2 is 1.80 bits per heavy atom.